The Balaban J connectivity index is 3.65. The van der Waals surface area contributed by atoms with Crippen LogP contribution in [-0.2, 0) is 6.18 Å². The highest BCUT2D eigenvalue weighted by Gasteiger charge is 2.43. The lowest BCUT2D eigenvalue weighted by Crippen LogP contribution is -2.21. The van der Waals surface area contributed by atoms with Crippen molar-refractivity contribution in [3.63, 3.8) is 0 Å². The highest BCUT2D eigenvalue weighted by atomic mass is 19.4. The molecule has 1 heterocycles. The van der Waals surface area contributed by atoms with Crippen LogP contribution in [0.15, 0.2) is 6.20 Å². The van der Waals surface area contributed by atoms with Gasteiger partial charge in [0.2, 0.25) is 5.75 Å². The van der Waals surface area contributed by atoms with E-state index in [0.29, 0.717) is 0 Å². The topological polar surface area (TPSA) is 89.0 Å². The van der Waals surface area contributed by atoms with E-state index in [1.165, 1.54) is 0 Å². The first-order chi connectivity index (χ1) is 8.97. The molecule has 1 aromatic rings. The second-order valence-corrected chi connectivity index (χ2v) is 3.11. The molecule has 1 rings (SSSR count). The largest absolute Gasteiger partial charge is 0.573 e. The third-order valence-electron chi connectivity index (χ3n) is 1.81. The van der Waals surface area contributed by atoms with Crippen molar-refractivity contribution in [3.05, 3.63) is 27.6 Å². The van der Waals surface area contributed by atoms with Crippen molar-refractivity contribution in [1.82, 2.24) is 4.98 Å². The van der Waals surface area contributed by atoms with E-state index in [9.17, 15) is 36.5 Å². The van der Waals surface area contributed by atoms with Crippen molar-refractivity contribution >= 4 is 5.69 Å². The summed E-state index contributed by atoms with van der Waals surface area (Å²) < 4.78 is 76.8. The summed E-state index contributed by atoms with van der Waals surface area (Å²) in [5, 5.41) is 19.0. The normalized spacial score (nSPS) is 11.8. The van der Waals surface area contributed by atoms with Crippen molar-refractivity contribution in [2.45, 2.75) is 12.5 Å². The SMILES string of the molecule is N#Cc1c(C(F)(F)F)ncc([N+](=O)[O-])c1OC(F)(F)F. The fourth-order valence-corrected chi connectivity index (χ4v) is 1.15. The lowest BCUT2D eigenvalue weighted by Gasteiger charge is -2.13. The second-order valence-electron chi connectivity index (χ2n) is 3.11. The molecular formula is C8HF6N3O3. The molecular weight excluding hydrogens is 300 g/mol. The van der Waals surface area contributed by atoms with Crippen LogP contribution in [0.4, 0.5) is 32.0 Å². The number of aromatic nitrogens is 1. The van der Waals surface area contributed by atoms with Crippen LogP contribution in [0.1, 0.15) is 11.3 Å². The van der Waals surface area contributed by atoms with Crippen LogP contribution in [0.25, 0.3) is 0 Å². The Bertz CT molecular complexity index is 589. The monoisotopic (exact) mass is 301 g/mol. The number of hydrogen-bond donors (Lipinski definition) is 0. The zero-order valence-electron chi connectivity index (χ0n) is 8.91. The highest BCUT2D eigenvalue weighted by molar-refractivity contribution is 5.58. The van der Waals surface area contributed by atoms with Crippen LogP contribution in [-0.4, -0.2) is 16.3 Å². The van der Waals surface area contributed by atoms with Gasteiger partial charge in [0.25, 0.3) is 0 Å². The van der Waals surface area contributed by atoms with E-state index in [-0.39, 0.29) is 6.20 Å². The van der Waals surface area contributed by atoms with Crippen LogP contribution in [0, 0.1) is 21.4 Å². The number of nitro groups is 1. The van der Waals surface area contributed by atoms with Gasteiger partial charge in [-0.2, -0.15) is 18.4 Å². The van der Waals surface area contributed by atoms with E-state index in [0.717, 1.165) is 6.07 Å². The highest BCUT2D eigenvalue weighted by Crippen LogP contribution is 2.40. The van der Waals surface area contributed by atoms with Crippen molar-refractivity contribution in [2.75, 3.05) is 0 Å². The molecule has 108 valence electrons. The molecule has 0 aromatic carbocycles. The molecule has 0 unspecified atom stereocenters. The minimum atomic E-state index is -5.51. The molecule has 0 radical (unpaired) electrons. The summed E-state index contributed by atoms with van der Waals surface area (Å²) in [5.41, 5.74) is -5.24. The number of ether oxygens (including phenoxy) is 1. The summed E-state index contributed by atoms with van der Waals surface area (Å²) in [6, 6.07) is 0.777. The van der Waals surface area contributed by atoms with Gasteiger partial charge in [0.05, 0.1) is 4.92 Å². The van der Waals surface area contributed by atoms with Gasteiger partial charge in [-0.25, -0.2) is 4.98 Å². The fourth-order valence-electron chi connectivity index (χ4n) is 1.15. The summed E-state index contributed by atoms with van der Waals surface area (Å²) in [6.45, 7) is 0. The van der Waals surface area contributed by atoms with Crippen LogP contribution in [0.2, 0.25) is 0 Å². The molecule has 0 saturated heterocycles. The van der Waals surface area contributed by atoms with Gasteiger partial charge >= 0.3 is 18.2 Å². The quantitative estimate of drug-likeness (QED) is 0.476. The zero-order chi connectivity index (χ0) is 15.7. The summed E-state index contributed by atoms with van der Waals surface area (Å²) in [7, 11) is 0. The lowest BCUT2D eigenvalue weighted by atomic mass is 10.1. The predicted molar refractivity (Wildman–Crippen MR) is 47.3 cm³/mol. The first-order valence-electron chi connectivity index (χ1n) is 4.37. The molecule has 12 heteroatoms. The van der Waals surface area contributed by atoms with Gasteiger partial charge < -0.3 is 4.74 Å². The first-order valence-corrected chi connectivity index (χ1v) is 4.37. The van der Waals surface area contributed by atoms with E-state index < -0.39 is 40.2 Å². The molecule has 0 aliphatic heterocycles. The van der Waals surface area contributed by atoms with Crippen molar-refractivity contribution < 1.29 is 36.0 Å². The molecule has 0 amide bonds. The molecule has 0 fully saturated rings. The maximum atomic E-state index is 12.5. The summed E-state index contributed by atoms with van der Waals surface area (Å²) in [6.07, 6.45) is -10.9. The van der Waals surface area contributed by atoms with Gasteiger partial charge in [-0.05, 0) is 0 Å². The summed E-state index contributed by atoms with van der Waals surface area (Å²) in [4.78, 5) is 11.6. The summed E-state index contributed by atoms with van der Waals surface area (Å²) >= 11 is 0. The zero-order valence-corrected chi connectivity index (χ0v) is 8.91. The Morgan fingerprint density at radius 3 is 2.20 bits per heavy atom. The van der Waals surface area contributed by atoms with Crippen LogP contribution in [0.3, 0.4) is 0 Å². The van der Waals surface area contributed by atoms with E-state index in [2.05, 4.69) is 9.72 Å². The number of pyridine rings is 1. The maximum absolute atomic E-state index is 12.5. The van der Waals surface area contributed by atoms with Crippen LogP contribution in [0.5, 0.6) is 5.75 Å². The van der Waals surface area contributed by atoms with Crippen molar-refractivity contribution in [2.24, 2.45) is 0 Å². The molecule has 6 nitrogen and oxygen atoms in total. The molecule has 0 N–H and O–H groups in total. The fraction of sp³-hybridized carbons (Fsp3) is 0.250. The molecule has 0 saturated carbocycles. The Hall–Kier alpha value is -2.58. The second kappa shape index (κ2) is 4.83. The van der Waals surface area contributed by atoms with Crippen molar-refractivity contribution in [3.8, 4) is 11.8 Å². The molecule has 0 aliphatic carbocycles. The molecule has 20 heavy (non-hydrogen) atoms. The molecule has 0 atom stereocenters. The molecule has 0 bridgehead atoms. The van der Waals surface area contributed by atoms with Gasteiger partial charge in [-0.1, -0.05) is 0 Å². The van der Waals surface area contributed by atoms with Gasteiger partial charge in [-0.15, -0.1) is 13.2 Å². The van der Waals surface area contributed by atoms with Crippen LogP contribution < -0.4 is 4.74 Å². The van der Waals surface area contributed by atoms with Crippen LogP contribution >= 0.6 is 0 Å². The number of hydrogen-bond acceptors (Lipinski definition) is 5. The Kier molecular flexibility index (Phi) is 3.74. The molecule has 0 aliphatic rings. The minimum absolute atomic E-state index is 0.0647. The van der Waals surface area contributed by atoms with Gasteiger partial charge in [0.1, 0.15) is 17.8 Å². The van der Waals surface area contributed by atoms with E-state index in [1.807, 2.05) is 0 Å². The Morgan fingerprint density at radius 1 is 1.30 bits per heavy atom. The third-order valence-corrected chi connectivity index (χ3v) is 1.81. The van der Waals surface area contributed by atoms with E-state index >= 15 is 0 Å². The molecule has 1 aromatic heterocycles. The number of nitrogens with zero attached hydrogens (tertiary/aromatic N) is 3. The lowest BCUT2D eigenvalue weighted by molar-refractivity contribution is -0.389. The predicted octanol–water partition coefficient (Wildman–Crippen LogP) is 2.78. The van der Waals surface area contributed by atoms with Gasteiger partial charge in [0.15, 0.2) is 5.69 Å². The van der Waals surface area contributed by atoms with Gasteiger partial charge in [0, 0.05) is 0 Å². The Morgan fingerprint density at radius 2 is 1.85 bits per heavy atom. The third kappa shape index (κ3) is 3.25. The number of nitriles is 1. The minimum Gasteiger partial charge on any atom is -0.397 e. The van der Waals surface area contributed by atoms with Crippen molar-refractivity contribution in [1.29, 1.82) is 5.26 Å². The number of rotatable bonds is 2. The summed E-state index contributed by atoms with van der Waals surface area (Å²) in [5.74, 6) is -1.85. The smallest absolute Gasteiger partial charge is 0.397 e. The maximum Gasteiger partial charge on any atom is 0.573 e. The number of alkyl halides is 6. The van der Waals surface area contributed by atoms with E-state index in [4.69, 9.17) is 5.26 Å². The number of halogens is 6. The first kappa shape index (κ1) is 15.5. The molecule has 0 spiro atoms. The van der Waals surface area contributed by atoms with E-state index in [1.54, 1.807) is 0 Å². The standard InChI is InChI=1S/C8HF6N3O3/c9-7(10,11)6-3(1-15)5(20-8(12,13)14)4(2-16-6)17(18)19/h2H. The van der Waals surface area contributed by atoms with Gasteiger partial charge in [-0.3, -0.25) is 10.1 Å². The Labute approximate surface area is 105 Å². The average molecular weight is 301 g/mol. The average Bonchev–Trinajstić information content (AvgIpc) is 2.24.